The monoisotopic (exact) mass is 225 g/mol. The van der Waals surface area contributed by atoms with Crippen molar-refractivity contribution < 1.29 is 4.74 Å². The second kappa shape index (κ2) is 3.90. The van der Waals surface area contributed by atoms with E-state index >= 15 is 0 Å². The number of imidazole rings is 1. The highest BCUT2D eigenvalue weighted by molar-refractivity contribution is 5.72. The van der Waals surface area contributed by atoms with Crippen LogP contribution in [0.3, 0.4) is 0 Å². The highest BCUT2D eigenvalue weighted by Crippen LogP contribution is 2.23. The maximum atomic E-state index is 5.71. The summed E-state index contributed by atoms with van der Waals surface area (Å²) >= 11 is 0. The van der Waals surface area contributed by atoms with Crippen molar-refractivity contribution in [2.45, 2.75) is 0 Å². The number of rotatable bonds is 2. The third-order valence-corrected chi connectivity index (χ3v) is 2.57. The van der Waals surface area contributed by atoms with Gasteiger partial charge in [-0.15, -0.1) is 0 Å². The fourth-order valence-corrected chi connectivity index (χ4v) is 1.69. The summed E-state index contributed by atoms with van der Waals surface area (Å²) in [6.07, 6.45) is 1.72. The van der Waals surface area contributed by atoms with Gasteiger partial charge in [0.05, 0.1) is 5.52 Å². The summed E-state index contributed by atoms with van der Waals surface area (Å²) in [5.74, 6) is 0.769. The molecule has 0 atom stereocenters. The van der Waals surface area contributed by atoms with Crippen molar-refractivity contribution in [1.29, 1.82) is 0 Å². The maximum absolute atomic E-state index is 5.71. The third kappa shape index (κ3) is 1.73. The molecule has 2 aromatic heterocycles. The Hall–Kier alpha value is -2.36. The van der Waals surface area contributed by atoms with E-state index in [2.05, 4.69) is 9.97 Å². The topological polar surface area (TPSA) is 39.9 Å². The van der Waals surface area contributed by atoms with Gasteiger partial charge in [0.1, 0.15) is 5.75 Å². The predicted octanol–water partition coefficient (Wildman–Crippen LogP) is 2.76. The Kier molecular flexibility index (Phi) is 2.26. The second-order valence-electron chi connectivity index (χ2n) is 3.71. The van der Waals surface area contributed by atoms with Crippen LogP contribution in [-0.4, -0.2) is 14.5 Å². The van der Waals surface area contributed by atoms with Crippen molar-refractivity contribution in [3.63, 3.8) is 0 Å². The molecular weight excluding hydrogens is 214 g/mol. The number of fused-ring (bicyclic) bond motifs is 1. The molecule has 0 fully saturated rings. The van der Waals surface area contributed by atoms with Gasteiger partial charge in [0, 0.05) is 13.2 Å². The first-order valence-electron chi connectivity index (χ1n) is 5.35. The minimum Gasteiger partial charge on any atom is -0.425 e. The predicted molar refractivity (Wildman–Crippen MR) is 65.0 cm³/mol. The first kappa shape index (κ1) is 9.84. The van der Waals surface area contributed by atoms with Crippen LogP contribution in [0, 0.1) is 0 Å². The zero-order valence-electron chi connectivity index (χ0n) is 9.37. The van der Waals surface area contributed by atoms with E-state index in [1.165, 1.54) is 0 Å². The molecular formula is C13H11N3O. The van der Waals surface area contributed by atoms with Gasteiger partial charge < -0.3 is 4.74 Å². The molecule has 0 amide bonds. The molecule has 0 aliphatic rings. The standard InChI is InChI=1S/C13H11N3O/c1-16-11-8-5-9-14-12(11)15-13(16)17-10-6-3-2-4-7-10/h2-9H,1H3. The molecule has 0 saturated carbocycles. The second-order valence-corrected chi connectivity index (χ2v) is 3.71. The fourth-order valence-electron chi connectivity index (χ4n) is 1.69. The van der Waals surface area contributed by atoms with Gasteiger partial charge in [0.25, 0.3) is 0 Å². The Labute approximate surface area is 98.5 Å². The lowest BCUT2D eigenvalue weighted by atomic mass is 10.3. The number of ether oxygens (including phenoxy) is 1. The SMILES string of the molecule is Cn1c(Oc2ccccc2)nc2ncccc21. The highest BCUT2D eigenvalue weighted by Gasteiger charge is 2.09. The van der Waals surface area contributed by atoms with Crippen molar-refractivity contribution in [2.24, 2.45) is 7.05 Å². The van der Waals surface area contributed by atoms with Gasteiger partial charge in [-0.05, 0) is 24.3 Å². The minimum absolute atomic E-state index is 0.546. The summed E-state index contributed by atoms with van der Waals surface area (Å²) in [5.41, 5.74) is 1.65. The summed E-state index contributed by atoms with van der Waals surface area (Å²) in [4.78, 5) is 8.53. The van der Waals surface area contributed by atoms with Crippen LogP contribution in [0.5, 0.6) is 11.8 Å². The molecule has 84 valence electrons. The average molecular weight is 225 g/mol. The quantitative estimate of drug-likeness (QED) is 0.673. The Morgan fingerprint density at radius 2 is 1.88 bits per heavy atom. The molecule has 0 aliphatic carbocycles. The Morgan fingerprint density at radius 1 is 1.06 bits per heavy atom. The lowest BCUT2D eigenvalue weighted by molar-refractivity contribution is 0.428. The van der Waals surface area contributed by atoms with Crippen LogP contribution >= 0.6 is 0 Å². The lowest BCUT2D eigenvalue weighted by Crippen LogP contribution is -1.93. The van der Waals surface area contributed by atoms with Crippen molar-refractivity contribution in [1.82, 2.24) is 14.5 Å². The molecule has 0 radical (unpaired) electrons. The molecule has 1 aromatic carbocycles. The summed E-state index contributed by atoms with van der Waals surface area (Å²) in [6, 6.07) is 14.0. The molecule has 0 N–H and O–H groups in total. The number of hydrogen-bond acceptors (Lipinski definition) is 3. The largest absolute Gasteiger partial charge is 0.425 e. The first-order valence-corrected chi connectivity index (χ1v) is 5.35. The van der Waals surface area contributed by atoms with Gasteiger partial charge >= 0.3 is 6.01 Å². The van der Waals surface area contributed by atoms with Gasteiger partial charge in [-0.1, -0.05) is 18.2 Å². The molecule has 3 rings (SSSR count). The zero-order valence-corrected chi connectivity index (χ0v) is 9.37. The Morgan fingerprint density at radius 3 is 2.65 bits per heavy atom. The molecule has 17 heavy (non-hydrogen) atoms. The fraction of sp³-hybridized carbons (Fsp3) is 0.0769. The minimum atomic E-state index is 0.546. The summed E-state index contributed by atoms with van der Waals surface area (Å²) in [5, 5.41) is 0. The Balaban J connectivity index is 2.04. The molecule has 2 heterocycles. The zero-order chi connectivity index (χ0) is 11.7. The van der Waals surface area contributed by atoms with Gasteiger partial charge in [-0.3, -0.25) is 4.57 Å². The molecule has 3 aromatic rings. The van der Waals surface area contributed by atoms with E-state index in [0.717, 1.165) is 11.3 Å². The van der Waals surface area contributed by atoms with Crippen molar-refractivity contribution >= 4 is 11.2 Å². The first-order chi connectivity index (χ1) is 8.34. The van der Waals surface area contributed by atoms with Gasteiger partial charge in [0.2, 0.25) is 0 Å². The summed E-state index contributed by atoms with van der Waals surface area (Å²) < 4.78 is 7.59. The lowest BCUT2D eigenvalue weighted by Gasteiger charge is -2.03. The van der Waals surface area contributed by atoms with Crippen LogP contribution < -0.4 is 4.74 Å². The highest BCUT2D eigenvalue weighted by atomic mass is 16.5. The Bertz CT molecular complexity index is 646. The smallest absolute Gasteiger partial charge is 0.304 e. The summed E-state index contributed by atoms with van der Waals surface area (Å²) in [7, 11) is 1.91. The normalized spacial score (nSPS) is 10.6. The van der Waals surface area contributed by atoms with Crippen LogP contribution in [-0.2, 0) is 7.05 Å². The molecule has 0 aliphatic heterocycles. The van der Waals surface area contributed by atoms with E-state index in [9.17, 15) is 0 Å². The van der Waals surface area contributed by atoms with Crippen LogP contribution in [0.4, 0.5) is 0 Å². The van der Waals surface area contributed by atoms with E-state index in [4.69, 9.17) is 4.74 Å². The number of nitrogens with zero attached hydrogens (tertiary/aromatic N) is 3. The van der Waals surface area contributed by atoms with Crippen molar-refractivity contribution in [3.05, 3.63) is 48.7 Å². The number of benzene rings is 1. The number of aromatic nitrogens is 3. The van der Waals surface area contributed by atoms with Crippen molar-refractivity contribution in [3.8, 4) is 11.8 Å². The summed E-state index contributed by atoms with van der Waals surface area (Å²) in [6.45, 7) is 0. The van der Waals surface area contributed by atoms with Crippen LogP contribution in [0.15, 0.2) is 48.7 Å². The number of para-hydroxylation sites is 1. The van der Waals surface area contributed by atoms with E-state index in [0.29, 0.717) is 11.7 Å². The molecule has 0 bridgehead atoms. The van der Waals surface area contributed by atoms with E-state index in [1.54, 1.807) is 6.20 Å². The molecule has 0 unspecified atom stereocenters. The van der Waals surface area contributed by atoms with Gasteiger partial charge in [-0.25, -0.2) is 4.98 Å². The molecule has 0 spiro atoms. The molecule has 0 saturated heterocycles. The van der Waals surface area contributed by atoms with E-state index in [-0.39, 0.29) is 0 Å². The van der Waals surface area contributed by atoms with Gasteiger partial charge in [-0.2, -0.15) is 4.98 Å². The number of aryl methyl sites for hydroxylation is 1. The number of hydrogen-bond donors (Lipinski definition) is 0. The number of pyridine rings is 1. The van der Waals surface area contributed by atoms with E-state index < -0.39 is 0 Å². The van der Waals surface area contributed by atoms with Crippen LogP contribution in [0.2, 0.25) is 0 Å². The van der Waals surface area contributed by atoms with Crippen molar-refractivity contribution in [2.75, 3.05) is 0 Å². The molecule has 4 nitrogen and oxygen atoms in total. The average Bonchev–Trinajstić information content (AvgIpc) is 2.68. The molecule has 4 heteroatoms. The van der Waals surface area contributed by atoms with Crippen LogP contribution in [0.25, 0.3) is 11.2 Å². The maximum Gasteiger partial charge on any atom is 0.304 e. The third-order valence-electron chi connectivity index (χ3n) is 2.57. The van der Waals surface area contributed by atoms with E-state index in [1.807, 2.05) is 54.1 Å². The van der Waals surface area contributed by atoms with Gasteiger partial charge in [0.15, 0.2) is 5.65 Å². The van der Waals surface area contributed by atoms with Crippen LogP contribution in [0.1, 0.15) is 0 Å².